The molecular weight excluding hydrogens is 670 g/mol. The molecule has 2 aliphatic rings. The van der Waals surface area contributed by atoms with Crippen LogP contribution in [0.3, 0.4) is 0 Å². The number of sulfone groups is 1. The minimum Gasteiger partial charge on any atom is -0.495 e. The van der Waals surface area contributed by atoms with Crippen LogP contribution in [0.15, 0.2) is 47.4 Å². The number of ether oxygens (including phenoxy) is 4. The molecule has 1 aliphatic heterocycles. The second-order valence-corrected chi connectivity index (χ2v) is 15.1. The van der Waals surface area contributed by atoms with Crippen LogP contribution >= 0.6 is 0 Å². The molecule has 2 fully saturated rings. The Balaban J connectivity index is 1.49. The number of aromatic nitrogens is 1. The number of carbonyl (C=O) groups is 1. The number of carbonyl (C=O) groups excluding carboxylic acids is 1. The Bertz CT molecular complexity index is 1870. The van der Waals surface area contributed by atoms with Gasteiger partial charge in [0.25, 0.3) is 0 Å². The number of benzene rings is 2. The third-order valence-corrected chi connectivity index (χ3v) is 9.26. The number of hydrogen-bond donors (Lipinski definition) is 1. The van der Waals surface area contributed by atoms with Gasteiger partial charge < -0.3 is 28.8 Å². The Morgan fingerprint density at radius 3 is 2.47 bits per heavy atom. The van der Waals surface area contributed by atoms with E-state index in [0.29, 0.717) is 37.1 Å². The minimum absolute atomic E-state index is 0.0113. The zero-order valence-electron chi connectivity index (χ0n) is 27.8. The van der Waals surface area contributed by atoms with E-state index in [0.717, 1.165) is 15.7 Å². The molecule has 2 atom stereocenters. The Morgan fingerprint density at radius 1 is 1.14 bits per heavy atom. The Labute approximate surface area is 282 Å². The smallest absolute Gasteiger partial charge is 0.415 e. The van der Waals surface area contributed by atoms with E-state index in [2.05, 4.69) is 17.2 Å². The quantitative estimate of drug-likeness (QED) is 0.220. The molecule has 1 spiro atoms. The van der Waals surface area contributed by atoms with Crippen LogP contribution in [0.25, 0.3) is 10.9 Å². The number of hydrogen-bond acceptors (Lipinski definition) is 8. The summed E-state index contributed by atoms with van der Waals surface area (Å²) < 4.78 is 104. The van der Waals surface area contributed by atoms with Gasteiger partial charge in [0, 0.05) is 36.2 Å². The van der Waals surface area contributed by atoms with Crippen LogP contribution in [0.4, 0.5) is 33.7 Å². The number of anilines is 2. The highest BCUT2D eigenvalue weighted by molar-refractivity contribution is 7.90. The van der Waals surface area contributed by atoms with Gasteiger partial charge in [0.2, 0.25) is 0 Å². The van der Waals surface area contributed by atoms with Crippen LogP contribution in [-0.2, 0) is 30.6 Å². The summed E-state index contributed by atoms with van der Waals surface area (Å²) in [4.78, 5) is 14.4. The predicted octanol–water partition coefficient (Wildman–Crippen LogP) is 6.45. The Morgan fingerprint density at radius 2 is 1.86 bits per heavy atom. The van der Waals surface area contributed by atoms with Crippen LogP contribution in [-0.4, -0.2) is 82.0 Å². The first kappa shape index (κ1) is 36.3. The number of nitrogens with one attached hydrogen (secondary N) is 1. The lowest BCUT2D eigenvalue weighted by atomic mass is 9.88. The van der Waals surface area contributed by atoms with Crippen LogP contribution in [0, 0.1) is 11.8 Å². The first-order valence-corrected chi connectivity index (χ1v) is 17.5. The molecule has 0 radical (unpaired) electrons. The SMILES string of the molecule is COc1cc(S(C)(=O)=O)ccc1N(CC#Cc1cc2c(N[C@@H]3CCC4(C[C@@H]3F)OCCO4)cccc2n1CC(F)(F)F)C(=O)OC(C)(C)C. The van der Waals surface area contributed by atoms with Crippen molar-refractivity contribution in [1.82, 2.24) is 4.57 Å². The highest BCUT2D eigenvalue weighted by atomic mass is 32.2. The van der Waals surface area contributed by atoms with Crippen LogP contribution in [0.5, 0.6) is 5.75 Å². The van der Waals surface area contributed by atoms with Gasteiger partial charge in [-0.2, -0.15) is 13.2 Å². The number of methoxy groups -OCH3 is 1. The summed E-state index contributed by atoms with van der Waals surface area (Å²) in [7, 11) is -2.31. The summed E-state index contributed by atoms with van der Waals surface area (Å²) in [6, 6.07) is 9.60. The van der Waals surface area contributed by atoms with Crippen molar-refractivity contribution >= 4 is 38.2 Å². The monoisotopic (exact) mass is 709 g/mol. The van der Waals surface area contributed by atoms with Gasteiger partial charge in [-0.1, -0.05) is 12.0 Å². The number of fused-ring (bicyclic) bond motifs is 1. The summed E-state index contributed by atoms with van der Waals surface area (Å²) in [5.41, 5.74) is -0.0791. The van der Waals surface area contributed by atoms with Gasteiger partial charge in [0.15, 0.2) is 15.6 Å². The van der Waals surface area contributed by atoms with E-state index in [1.165, 1.54) is 37.4 Å². The zero-order chi connectivity index (χ0) is 35.8. The fourth-order valence-electron chi connectivity index (χ4n) is 5.97. The van der Waals surface area contributed by atoms with Crippen LogP contribution < -0.4 is 15.0 Å². The Hall–Kier alpha value is -4.00. The lowest BCUT2D eigenvalue weighted by Gasteiger charge is -2.38. The van der Waals surface area contributed by atoms with Crippen LogP contribution in [0.2, 0.25) is 0 Å². The van der Waals surface area contributed by atoms with E-state index in [-0.39, 0.29) is 40.5 Å². The van der Waals surface area contributed by atoms with Crippen molar-refractivity contribution in [2.24, 2.45) is 0 Å². The maximum atomic E-state index is 15.3. The van der Waals surface area contributed by atoms with Crippen molar-refractivity contribution in [2.45, 2.75) is 81.3 Å². The van der Waals surface area contributed by atoms with Gasteiger partial charge >= 0.3 is 12.3 Å². The summed E-state index contributed by atoms with van der Waals surface area (Å²) in [5.74, 6) is 4.68. The lowest BCUT2D eigenvalue weighted by Crippen LogP contribution is -2.46. The largest absolute Gasteiger partial charge is 0.495 e. The molecule has 1 amide bonds. The number of rotatable bonds is 7. The predicted molar refractivity (Wildman–Crippen MR) is 175 cm³/mol. The normalized spacial score (nSPS) is 19.4. The molecule has 2 heterocycles. The standard InChI is InChI=1S/C34H39F4N3O7S/c1-32(2,3)48-31(42)40(29-12-11-23(49(5,43)44)19-30(29)45-4)15-7-8-22-18-24-26(9-6-10-28(24)41(22)21-34(36,37)38)39-27-13-14-33(20-25(27)35)46-16-17-47-33/h6,9-12,18-19,25,27,39H,13-17,20-21H2,1-5H3/t25-,27+/m0/s1. The molecule has 49 heavy (non-hydrogen) atoms. The highest BCUT2D eigenvalue weighted by Crippen LogP contribution is 2.39. The molecular formula is C34H39F4N3O7S. The van der Waals surface area contributed by atoms with Crippen LogP contribution in [0.1, 0.15) is 45.7 Å². The second kappa shape index (κ2) is 13.7. The molecule has 1 saturated heterocycles. The molecule has 1 aromatic heterocycles. The van der Waals surface area contributed by atoms with Gasteiger partial charge in [-0.15, -0.1) is 0 Å². The summed E-state index contributed by atoms with van der Waals surface area (Å²) in [6.07, 6.45) is -4.81. The van der Waals surface area contributed by atoms with Gasteiger partial charge in [-0.05, 0) is 63.4 Å². The van der Waals surface area contributed by atoms with Crippen molar-refractivity contribution in [1.29, 1.82) is 0 Å². The first-order chi connectivity index (χ1) is 22.9. The number of halogens is 4. The lowest BCUT2D eigenvalue weighted by molar-refractivity contribution is -0.189. The van der Waals surface area contributed by atoms with Crippen molar-refractivity contribution in [3.8, 4) is 17.6 Å². The van der Waals surface area contributed by atoms with E-state index in [9.17, 15) is 26.4 Å². The molecule has 15 heteroatoms. The number of amides is 1. The molecule has 2 aromatic carbocycles. The van der Waals surface area contributed by atoms with Gasteiger partial charge in [0.1, 0.15) is 24.1 Å². The van der Waals surface area contributed by atoms with Crippen molar-refractivity contribution in [2.75, 3.05) is 43.3 Å². The average molecular weight is 710 g/mol. The molecule has 3 aromatic rings. The van der Waals surface area contributed by atoms with Crippen molar-refractivity contribution < 1.29 is 49.7 Å². The van der Waals surface area contributed by atoms with E-state index < -0.39 is 52.3 Å². The molecule has 1 aliphatic carbocycles. The Kier molecular flexibility index (Phi) is 10.2. The summed E-state index contributed by atoms with van der Waals surface area (Å²) >= 11 is 0. The van der Waals surface area contributed by atoms with Gasteiger partial charge in [-0.3, -0.25) is 4.90 Å². The number of alkyl halides is 4. The minimum atomic E-state index is -4.59. The summed E-state index contributed by atoms with van der Waals surface area (Å²) in [6.45, 7) is 4.09. The highest BCUT2D eigenvalue weighted by Gasteiger charge is 2.45. The van der Waals surface area contributed by atoms with Gasteiger partial charge in [-0.25, -0.2) is 17.6 Å². The third-order valence-electron chi connectivity index (χ3n) is 8.15. The summed E-state index contributed by atoms with van der Waals surface area (Å²) in [5, 5.41) is 3.60. The fraction of sp³-hybridized carbons (Fsp3) is 0.500. The second-order valence-electron chi connectivity index (χ2n) is 13.1. The molecule has 1 N–H and O–H groups in total. The maximum Gasteiger partial charge on any atom is 0.415 e. The molecule has 10 nitrogen and oxygen atoms in total. The molecule has 5 rings (SSSR count). The van der Waals surface area contributed by atoms with Gasteiger partial charge in [0.05, 0.1) is 54.7 Å². The first-order valence-electron chi connectivity index (χ1n) is 15.6. The van der Waals surface area contributed by atoms with Crippen molar-refractivity contribution in [3.63, 3.8) is 0 Å². The molecule has 266 valence electrons. The molecule has 0 bridgehead atoms. The average Bonchev–Trinajstić information content (AvgIpc) is 3.59. The molecule has 0 unspecified atom stereocenters. The number of nitrogens with zero attached hydrogens (tertiary/aromatic N) is 2. The fourth-order valence-corrected chi connectivity index (χ4v) is 6.60. The topological polar surface area (TPSA) is 108 Å². The van der Waals surface area contributed by atoms with E-state index in [1.807, 2.05) is 0 Å². The van der Waals surface area contributed by atoms with E-state index in [4.69, 9.17) is 18.9 Å². The maximum absolute atomic E-state index is 15.3. The molecule has 1 saturated carbocycles. The third kappa shape index (κ3) is 8.60. The van der Waals surface area contributed by atoms with E-state index in [1.54, 1.807) is 32.9 Å². The van der Waals surface area contributed by atoms with E-state index >= 15 is 4.39 Å². The van der Waals surface area contributed by atoms with Crippen molar-refractivity contribution in [3.05, 3.63) is 48.2 Å². The zero-order valence-corrected chi connectivity index (χ0v) is 28.6.